The molecule has 0 aromatic heterocycles. The number of hydrogen-bond donors (Lipinski definition) is 3. The Balaban J connectivity index is 1.83. The van der Waals surface area contributed by atoms with Gasteiger partial charge in [-0.2, -0.15) is 0 Å². The molecule has 0 heterocycles. The predicted molar refractivity (Wildman–Crippen MR) is 95.8 cm³/mol. The third-order valence-corrected chi connectivity index (χ3v) is 5.12. The minimum Gasteiger partial charge on any atom is -0.484 e. The molecule has 1 aromatic rings. The minimum atomic E-state index is -0.979. The van der Waals surface area contributed by atoms with Crippen molar-refractivity contribution >= 4 is 29.4 Å². The lowest BCUT2D eigenvalue weighted by molar-refractivity contribution is -0.149. The van der Waals surface area contributed by atoms with E-state index in [1.165, 1.54) is 0 Å². The lowest BCUT2D eigenvalue weighted by Gasteiger charge is -2.27. The average Bonchev–Trinajstić information content (AvgIpc) is 2.62. The van der Waals surface area contributed by atoms with Gasteiger partial charge in [-0.05, 0) is 49.9 Å². The molecule has 0 unspecified atom stereocenters. The largest absolute Gasteiger partial charge is 0.484 e. The number of amides is 2. The van der Waals surface area contributed by atoms with Crippen molar-refractivity contribution < 1.29 is 24.2 Å². The number of nitrogens with one attached hydrogen (secondary N) is 2. The van der Waals surface area contributed by atoms with E-state index in [4.69, 9.17) is 16.3 Å². The van der Waals surface area contributed by atoms with E-state index < -0.39 is 29.6 Å². The second-order valence-corrected chi connectivity index (χ2v) is 6.91. The number of hydrazine groups is 1. The predicted octanol–water partition coefficient (Wildman–Crippen LogP) is 2.37. The van der Waals surface area contributed by atoms with Crippen molar-refractivity contribution in [2.75, 3.05) is 6.61 Å². The molecule has 1 aromatic carbocycles. The summed E-state index contributed by atoms with van der Waals surface area (Å²) in [5.41, 5.74) is 6.25. The number of halogens is 1. The fourth-order valence-corrected chi connectivity index (χ4v) is 3.25. The number of rotatable bonds is 5. The van der Waals surface area contributed by atoms with Gasteiger partial charge in [0.05, 0.1) is 11.8 Å². The molecule has 2 rings (SSSR count). The molecular formula is C18H23ClN2O5. The first-order chi connectivity index (χ1) is 12.3. The van der Waals surface area contributed by atoms with E-state index in [9.17, 15) is 19.5 Å². The summed E-state index contributed by atoms with van der Waals surface area (Å²) < 4.78 is 5.41. The number of carboxylic acid groups (broad SMARTS) is 1. The number of ether oxygens (including phenoxy) is 1. The van der Waals surface area contributed by atoms with E-state index in [1.54, 1.807) is 12.1 Å². The van der Waals surface area contributed by atoms with E-state index in [0.29, 0.717) is 23.6 Å². The quantitative estimate of drug-likeness (QED) is 0.678. The van der Waals surface area contributed by atoms with Gasteiger partial charge in [-0.1, -0.05) is 24.4 Å². The second-order valence-electron chi connectivity index (χ2n) is 6.53. The summed E-state index contributed by atoms with van der Waals surface area (Å²) >= 11 is 6.08. The zero-order valence-electron chi connectivity index (χ0n) is 14.8. The molecule has 26 heavy (non-hydrogen) atoms. The molecule has 3 N–H and O–H groups in total. The van der Waals surface area contributed by atoms with Crippen LogP contribution >= 0.6 is 11.6 Å². The Morgan fingerprint density at radius 2 is 1.69 bits per heavy atom. The third kappa shape index (κ3) is 5.11. The van der Waals surface area contributed by atoms with Crippen LogP contribution in [0, 0.1) is 25.7 Å². The molecule has 2 atom stereocenters. The van der Waals surface area contributed by atoms with Crippen LogP contribution in [0.4, 0.5) is 0 Å². The average molecular weight is 383 g/mol. The number of carboxylic acids is 1. The fourth-order valence-electron chi connectivity index (χ4n) is 3.14. The SMILES string of the molecule is Cc1cc(OCC(=O)NNC(=O)[C@H]2CCCC[C@@H]2C(=O)O)cc(C)c1Cl. The maximum atomic E-state index is 12.2. The molecular weight excluding hydrogens is 360 g/mol. The molecule has 0 bridgehead atoms. The third-order valence-electron chi connectivity index (χ3n) is 4.52. The summed E-state index contributed by atoms with van der Waals surface area (Å²) in [5, 5.41) is 9.86. The van der Waals surface area contributed by atoms with Crippen molar-refractivity contribution in [3.8, 4) is 5.75 Å². The van der Waals surface area contributed by atoms with Crippen molar-refractivity contribution in [1.29, 1.82) is 0 Å². The first kappa shape index (κ1) is 20.0. The lowest BCUT2D eigenvalue weighted by atomic mass is 9.79. The van der Waals surface area contributed by atoms with Gasteiger partial charge in [0.25, 0.3) is 5.91 Å². The van der Waals surface area contributed by atoms with Crippen LogP contribution < -0.4 is 15.6 Å². The summed E-state index contributed by atoms with van der Waals surface area (Å²) in [6.07, 6.45) is 2.56. The molecule has 1 aliphatic rings. The zero-order chi connectivity index (χ0) is 19.3. The first-order valence-electron chi connectivity index (χ1n) is 8.50. The van der Waals surface area contributed by atoms with Crippen LogP contribution in [0.25, 0.3) is 0 Å². The van der Waals surface area contributed by atoms with Gasteiger partial charge in [0.1, 0.15) is 5.75 Å². The minimum absolute atomic E-state index is 0.284. The number of hydrogen-bond acceptors (Lipinski definition) is 4. The maximum absolute atomic E-state index is 12.2. The monoisotopic (exact) mass is 382 g/mol. The van der Waals surface area contributed by atoms with Crippen LogP contribution in [0.2, 0.25) is 5.02 Å². The van der Waals surface area contributed by atoms with Crippen LogP contribution in [0.3, 0.4) is 0 Å². The Bertz CT molecular complexity index is 684. The van der Waals surface area contributed by atoms with Gasteiger partial charge >= 0.3 is 5.97 Å². The van der Waals surface area contributed by atoms with Crippen molar-refractivity contribution in [2.45, 2.75) is 39.5 Å². The van der Waals surface area contributed by atoms with E-state index >= 15 is 0 Å². The van der Waals surface area contributed by atoms with Crippen molar-refractivity contribution in [3.05, 3.63) is 28.3 Å². The van der Waals surface area contributed by atoms with Gasteiger partial charge in [-0.15, -0.1) is 0 Å². The van der Waals surface area contributed by atoms with Crippen LogP contribution in [0.5, 0.6) is 5.75 Å². The van der Waals surface area contributed by atoms with Crippen LogP contribution in [-0.2, 0) is 14.4 Å². The highest BCUT2D eigenvalue weighted by Crippen LogP contribution is 2.30. The molecule has 142 valence electrons. The second kappa shape index (κ2) is 8.89. The normalized spacial score (nSPS) is 19.5. The van der Waals surface area contributed by atoms with E-state index in [0.717, 1.165) is 24.0 Å². The zero-order valence-corrected chi connectivity index (χ0v) is 15.6. The van der Waals surface area contributed by atoms with Gasteiger partial charge in [0, 0.05) is 5.02 Å². The topological polar surface area (TPSA) is 105 Å². The molecule has 1 fully saturated rings. The van der Waals surface area contributed by atoms with E-state index in [-0.39, 0.29) is 6.61 Å². The molecule has 1 saturated carbocycles. The number of benzene rings is 1. The molecule has 7 nitrogen and oxygen atoms in total. The fraction of sp³-hybridized carbons (Fsp3) is 0.500. The number of aliphatic carboxylic acids is 1. The highest BCUT2D eigenvalue weighted by molar-refractivity contribution is 6.32. The summed E-state index contributed by atoms with van der Waals surface area (Å²) in [4.78, 5) is 35.3. The molecule has 0 spiro atoms. The van der Waals surface area contributed by atoms with Crippen molar-refractivity contribution in [3.63, 3.8) is 0 Å². The van der Waals surface area contributed by atoms with Gasteiger partial charge in [-0.25, -0.2) is 0 Å². The van der Waals surface area contributed by atoms with Gasteiger partial charge in [0.15, 0.2) is 6.61 Å². The summed E-state index contributed by atoms with van der Waals surface area (Å²) in [7, 11) is 0. The first-order valence-corrected chi connectivity index (χ1v) is 8.88. The van der Waals surface area contributed by atoms with Crippen LogP contribution in [-0.4, -0.2) is 29.5 Å². The Morgan fingerprint density at radius 1 is 1.12 bits per heavy atom. The Hall–Kier alpha value is -2.28. The molecule has 0 aliphatic heterocycles. The number of carbonyl (C=O) groups excluding carboxylic acids is 2. The highest BCUT2D eigenvalue weighted by atomic mass is 35.5. The molecule has 0 radical (unpaired) electrons. The summed E-state index contributed by atoms with van der Waals surface area (Å²) in [6, 6.07) is 3.45. The van der Waals surface area contributed by atoms with Crippen LogP contribution in [0.15, 0.2) is 12.1 Å². The smallest absolute Gasteiger partial charge is 0.307 e. The Kier molecular flexibility index (Phi) is 6.85. The Morgan fingerprint density at radius 3 is 2.27 bits per heavy atom. The lowest BCUT2D eigenvalue weighted by Crippen LogP contribution is -2.49. The number of aryl methyl sites for hydroxylation is 2. The van der Waals surface area contributed by atoms with E-state index in [2.05, 4.69) is 10.9 Å². The van der Waals surface area contributed by atoms with Crippen LogP contribution in [0.1, 0.15) is 36.8 Å². The van der Waals surface area contributed by atoms with E-state index in [1.807, 2.05) is 13.8 Å². The summed E-state index contributed by atoms with van der Waals surface area (Å²) in [6.45, 7) is 3.39. The van der Waals surface area contributed by atoms with Gasteiger partial charge in [-0.3, -0.25) is 25.2 Å². The number of carbonyl (C=O) groups is 3. The summed E-state index contributed by atoms with van der Waals surface area (Å²) in [5.74, 6) is -2.84. The van der Waals surface area contributed by atoms with Crippen molar-refractivity contribution in [1.82, 2.24) is 10.9 Å². The van der Waals surface area contributed by atoms with Gasteiger partial charge < -0.3 is 9.84 Å². The van der Waals surface area contributed by atoms with Crippen molar-refractivity contribution in [2.24, 2.45) is 11.8 Å². The standard InChI is InChI=1S/C18H23ClN2O5/c1-10-7-12(8-11(2)16(10)19)26-9-15(22)20-21-17(23)13-5-3-4-6-14(13)18(24)25/h7-8,13-14H,3-6,9H2,1-2H3,(H,20,22)(H,21,23)(H,24,25)/t13-,14-/m0/s1. The molecule has 0 saturated heterocycles. The molecule has 2 amide bonds. The maximum Gasteiger partial charge on any atom is 0.307 e. The molecule has 1 aliphatic carbocycles. The highest BCUT2D eigenvalue weighted by Gasteiger charge is 2.35. The molecule has 8 heteroatoms. The Labute approximate surface area is 157 Å². The van der Waals surface area contributed by atoms with Gasteiger partial charge in [0.2, 0.25) is 5.91 Å².